The summed E-state index contributed by atoms with van der Waals surface area (Å²) in [5, 5.41) is 9.34. The summed E-state index contributed by atoms with van der Waals surface area (Å²) in [5.41, 5.74) is 7.61. The van der Waals surface area contributed by atoms with Crippen LogP contribution in [0, 0.1) is 31.6 Å². The maximum Gasteiger partial charge on any atom is 0.309 e. The molecule has 0 aromatic heterocycles. The van der Waals surface area contributed by atoms with Crippen LogP contribution in [-0.2, 0) is 17.6 Å². The van der Waals surface area contributed by atoms with Gasteiger partial charge in [0.15, 0.2) is 0 Å². The lowest BCUT2D eigenvalue weighted by Crippen LogP contribution is -2.14. The Morgan fingerprint density at radius 3 is 2.03 bits per heavy atom. The molecule has 0 bridgehead atoms. The number of carboxylic acids is 1. The Morgan fingerprint density at radius 2 is 1.48 bits per heavy atom. The number of aliphatic carboxylic acids is 1. The first-order valence-corrected chi connectivity index (χ1v) is 11.9. The van der Waals surface area contributed by atoms with Gasteiger partial charge in [0, 0.05) is 0 Å². The topological polar surface area (TPSA) is 37.3 Å². The number of unbranched alkanes of at least 4 members (excludes halogenated alkanes) is 4. The molecule has 1 N–H and O–H groups in total. The Balaban J connectivity index is 1.87. The molecule has 1 aliphatic rings. The van der Waals surface area contributed by atoms with E-state index < -0.39 is 5.97 Å². The number of rotatable bonds is 12. The molecule has 0 atom stereocenters. The Bertz CT molecular complexity index is 689. The van der Waals surface area contributed by atoms with Gasteiger partial charge in [-0.2, -0.15) is 0 Å². The van der Waals surface area contributed by atoms with Gasteiger partial charge in [0.1, 0.15) is 0 Å². The fourth-order valence-corrected chi connectivity index (χ4v) is 4.71. The summed E-state index contributed by atoms with van der Waals surface area (Å²) in [5.74, 6) is -0.573. The zero-order chi connectivity index (χ0) is 21.7. The third-order valence-electron chi connectivity index (χ3n) is 7.06. The second-order valence-electron chi connectivity index (χ2n) is 10.9. The number of benzene rings is 1. The highest BCUT2D eigenvalue weighted by Gasteiger charge is 2.49. The van der Waals surface area contributed by atoms with Crippen LogP contribution in [-0.4, -0.2) is 11.1 Å². The Morgan fingerprint density at radius 1 is 0.897 bits per heavy atom. The molecule has 1 aromatic carbocycles. The average molecular weight is 401 g/mol. The van der Waals surface area contributed by atoms with Crippen molar-refractivity contribution in [2.75, 3.05) is 0 Å². The molecule has 0 heterocycles. The van der Waals surface area contributed by atoms with Crippen LogP contribution in [0.4, 0.5) is 0 Å². The highest BCUT2D eigenvalue weighted by atomic mass is 16.4. The van der Waals surface area contributed by atoms with Crippen LogP contribution in [0.25, 0.3) is 0 Å². The van der Waals surface area contributed by atoms with Crippen LogP contribution in [0.5, 0.6) is 0 Å². The molecule has 2 nitrogen and oxygen atoms in total. The maximum absolute atomic E-state index is 11.3. The Labute approximate surface area is 179 Å². The van der Waals surface area contributed by atoms with E-state index in [1.807, 2.05) is 0 Å². The third kappa shape index (κ3) is 7.15. The lowest BCUT2D eigenvalue weighted by Gasteiger charge is -2.20. The van der Waals surface area contributed by atoms with E-state index >= 15 is 0 Å². The number of carbonyl (C=O) groups is 1. The molecule has 0 spiro atoms. The lowest BCUT2D eigenvalue weighted by atomic mass is 9.86. The molecule has 1 fully saturated rings. The van der Waals surface area contributed by atoms with Gasteiger partial charge in [-0.15, -0.1) is 0 Å². The summed E-state index contributed by atoms with van der Waals surface area (Å²) in [6.45, 7) is 13.8. The van der Waals surface area contributed by atoms with E-state index in [0.717, 1.165) is 38.5 Å². The van der Waals surface area contributed by atoms with Crippen LogP contribution in [0.15, 0.2) is 6.07 Å². The van der Waals surface area contributed by atoms with Gasteiger partial charge >= 0.3 is 5.97 Å². The molecule has 1 aromatic rings. The largest absolute Gasteiger partial charge is 0.481 e. The summed E-state index contributed by atoms with van der Waals surface area (Å²) in [4.78, 5) is 11.3. The fraction of sp³-hybridized carbons (Fsp3) is 0.741. The Kier molecular flexibility index (Phi) is 8.37. The highest BCUT2D eigenvalue weighted by Crippen LogP contribution is 2.50. The molecule has 1 aliphatic carbocycles. The minimum atomic E-state index is -0.573. The van der Waals surface area contributed by atoms with Crippen molar-refractivity contribution in [1.29, 1.82) is 0 Å². The predicted molar refractivity (Wildman–Crippen MR) is 124 cm³/mol. The number of hydrogen-bond acceptors (Lipinski definition) is 1. The highest BCUT2D eigenvalue weighted by molar-refractivity contribution is 5.77. The molecule has 29 heavy (non-hydrogen) atoms. The number of carboxylic acid groups (broad SMARTS) is 1. The summed E-state index contributed by atoms with van der Waals surface area (Å²) < 4.78 is 0. The van der Waals surface area contributed by atoms with E-state index in [4.69, 9.17) is 0 Å². The first-order chi connectivity index (χ1) is 13.6. The first kappa shape index (κ1) is 24.0. The van der Waals surface area contributed by atoms with E-state index in [2.05, 4.69) is 47.6 Å². The van der Waals surface area contributed by atoms with Crippen molar-refractivity contribution in [2.45, 2.75) is 119 Å². The van der Waals surface area contributed by atoms with Crippen LogP contribution in [0.2, 0.25) is 0 Å². The van der Waals surface area contributed by atoms with Crippen LogP contribution < -0.4 is 0 Å². The van der Waals surface area contributed by atoms with Crippen molar-refractivity contribution in [3.05, 3.63) is 33.9 Å². The molecule has 0 unspecified atom stereocenters. The van der Waals surface area contributed by atoms with E-state index in [-0.39, 0.29) is 5.41 Å². The van der Waals surface area contributed by atoms with Gasteiger partial charge in [-0.25, -0.2) is 0 Å². The molecule has 1 saturated carbocycles. The summed E-state index contributed by atoms with van der Waals surface area (Å²) in [7, 11) is 0. The molecular weight excluding hydrogens is 356 g/mol. The molecule has 164 valence electrons. The van der Waals surface area contributed by atoms with Gasteiger partial charge in [-0.3, -0.25) is 4.79 Å². The summed E-state index contributed by atoms with van der Waals surface area (Å²) >= 11 is 0. The third-order valence-corrected chi connectivity index (χ3v) is 7.06. The monoisotopic (exact) mass is 400 g/mol. The van der Waals surface area contributed by atoms with Gasteiger partial charge < -0.3 is 5.11 Å². The fourth-order valence-electron chi connectivity index (χ4n) is 4.71. The minimum absolute atomic E-state index is 0.353. The van der Waals surface area contributed by atoms with Crippen molar-refractivity contribution in [3.8, 4) is 0 Å². The summed E-state index contributed by atoms with van der Waals surface area (Å²) in [6, 6.07) is 2.37. The molecule has 0 aliphatic heterocycles. The van der Waals surface area contributed by atoms with Gasteiger partial charge in [-0.1, -0.05) is 52.5 Å². The average Bonchev–Trinajstić information content (AvgIpc) is 3.40. The van der Waals surface area contributed by atoms with E-state index in [1.54, 1.807) is 11.1 Å². The van der Waals surface area contributed by atoms with Crippen molar-refractivity contribution in [2.24, 2.45) is 10.8 Å². The molecule has 0 radical (unpaired) electrons. The van der Waals surface area contributed by atoms with Gasteiger partial charge in [0.05, 0.1) is 5.41 Å². The molecule has 0 amide bonds. The van der Waals surface area contributed by atoms with E-state index in [1.165, 1.54) is 55.2 Å². The number of aryl methyl sites for hydroxylation is 2. The first-order valence-electron chi connectivity index (χ1n) is 11.9. The minimum Gasteiger partial charge on any atom is -0.481 e. The smallest absolute Gasteiger partial charge is 0.309 e. The van der Waals surface area contributed by atoms with Crippen molar-refractivity contribution < 1.29 is 9.90 Å². The molecular formula is C27H44O2. The zero-order valence-electron chi connectivity index (χ0n) is 19.9. The molecule has 0 saturated heterocycles. The SMILES string of the molecule is Cc1cc(C)c(CCCCCC(C)(C)C)c(CCCCCC2(C(=O)O)CC2)c1C. The zero-order valence-corrected chi connectivity index (χ0v) is 19.9. The van der Waals surface area contributed by atoms with Crippen LogP contribution in [0.3, 0.4) is 0 Å². The molecule has 2 heteroatoms. The molecule has 2 rings (SSSR count). The maximum atomic E-state index is 11.3. The lowest BCUT2D eigenvalue weighted by molar-refractivity contribution is -0.143. The van der Waals surface area contributed by atoms with Gasteiger partial charge in [-0.05, 0) is 105 Å². The second-order valence-corrected chi connectivity index (χ2v) is 10.9. The summed E-state index contributed by atoms with van der Waals surface area (Å²) in [6.07, 6.45) is 13.6. The quantitative estimate of drug-likeness (QED) is 0.364. The van der Waals surface area contributed by atoms with Crippen molar-refractivity contribution in [1.82, 2.24) is 0 Å². The van der Waals surface area contributed by atoms with Crippen LogP contribution in [0.1, 0.15) is 113 Å². The predicted octanol–water partition coefficient (Wildman–Crippen LogP) is 7.73. The van der Waals surface area contributed by atoms with E-state index in [9.17, 15) is 9.90 Å². The van der Waals surface area contributed by atoms with Crippen molar-refractivity contribution >= 4 is 5.97 Å². The number of hydrogen-bond donors (Lipinski definition) is 1. The van der Waals surface area contributed by atoms with Gasteiger partial charge in [0.2, 0.25) is 0 Å². The van der Waals surface area contributed by atoms with E-state index in [0.29, 0.717) is 5.41 Å². The Hall–Kier alpha value is -1.31. The second kappa shape index (κ2) is 10.1. The normalized spacial score (nSPS) is 15.5. The van der Waals surface area contributed by atoms with Crippen LogP contribution >= 0.6 is 0 Å². The van der Waals surface area contributed by atoms with Gasteiger partial charge in [0.25, 0.3) is 0 Å². The van der Waals surface area contributed by atoms with Crippen molar-refractivity contribution in [3.63, 3.8) is 0 Å². The standard InChI is InChI=1S/C27H44O2/c1-20-19-21(2)23(13-9-7-11-15-26(4,5)6)24(22(20)3)14-10-8-12-16-27(17-18-27)25(28)29/h19H,7-18H2,1-6H3,(H,28,29).